The lowest BCUT2D eigenvalue weighted by molar-refractivity contribution is 0.130. The number of nitriles is 1. The van der Waals surface area contributed by atoms with Crippen LogP contribution >= 0.6 is 0 Å². The molecule has 1 fully saturated rings. The topological polar surface area (TPSA) is 42.3 Å². The zero-order valence-electron chi connectivity index (χ0n) is 13.6. The van der Waals surface area contributed by atoms with Gasteiger partial charge in [-0.05, 0) is 52.2 Å². The summed E-state index contributed by atoms with van der Waals surface area (Å²) >= 11 is 0. The lowest BCUT2D eigenvalue weighted by Crippen LogP contribution is -2.46. The summed E-state index contributed by atoms with van der Waals surface area (Å²) < 4.78 is 0. The number of piperazine rings is 1. The van der Waals surface area contributed by atoms with Crippen molar-refractivity contribution in [1.29, 1.82) is 5.26 Å². The Hall–Kier alpha value is -0.630. The third-order valence-corrected chi connectivity index (χ3v) is 4.22. The molecule has 1 saturated heterocycles. The van der Waals surface area contributed by atoms with E-state index in [2.05, 4.69) is 35.0 Å². The van der Waals surface area contributed by atoms with Gasteiger partial charge in [0.15, 0.2) is 0 Å². The van der Waals surface area contributed by atoms with Gasteiger partial charge in [-0.1, -0.05) is 13.8 Å². The van der Waals surface area contributed by atoms with Crippen LogP contribution in [0.3, 0.4) is 0 Å². The minimum atomic E-state index is -0.339. The average Bonchev–Trinajstić information content (AvgIpc) is 2.46. The molecule has 1 N–H and O–H groups in total. The number of unbranched alkanes of at least 4 members (excludes halogenated alkanes) is 1. The first-order chi connectivity index (χ1) is 9.63. The highest BCUT2D eigenvalue weighted by molar-refractivity contribution is 5.03. The Balaban J connectivity index is 2.12. The van der Waals surface area contributed by atoms with E-state index in [1.807, 2.05) is 6.92 Å². The molecule has 0 saturated carbocycles. The van der Waals surface area contributed by atoms with Gasteiger partial charge in [-0.2, -0.15) is 5.26 Å². The number of rotatable bonds is 9. The van der Waals surface area contributed by atoms with E-state index in [9.17, 15) is 5.26 Å². The van der Waals surface area contributed by atoms with Crippen molar-refractivity contribution in [3.63, 3.8) is 0 Å². The molecular weight excluding hydrogens is 248 g/mol. The van der Waals surface area contributed by atoms with Crippen molar-refractivity contribution in [2.75, 3.05) is 45.8 Å². The molecule has 20 heavy (non-hydrogen) atoms. The third kappa shape index (κ3) is 6.21. The Morgan fingerprint density at radius 1 is 1.05 bits per heavy atom. The van der Waals surface area contributed by atoms with Gasteiger partial charge in [-0.25, -0.2) is 0 Å². The largest absolute Gasteiger partial charge is 0.301 e. The summed E-state index contributed by atoms with van der Waals surface area (Å²) in [7, 11) is 0. The Morgan fingerprint density at radius 3 is 2.15 bits per heavy atom. The van der Waals surface area contributed by atoms with Crippen LogP contribution in [0.2, 0.25) is 0 Å². The monoisotopic (exact) mass is 280 g/mol. The summed E-state index contributed by atoms with van der Waals surface area (Å²) in [5, 5.41) is 12.5. The normalized spacial score (nSPS) is 20.5. The molecule has 0 aromatic carbocycles. The molecule has 4 nitrogen and oxygen atoms in total. The van der Waals surface area contributed by atoms with Gasteiger partial charge in [0, 0.05) is 26.2 Å². The van der Waals surface area contributed by atoms with Crippen LogP contribution in [0, 0.1) is 11.3 Å². The van der Waals surface area contributed by atoms with Crippen molar-refractivity contribution in [2.24, 2.45) is 0 Å². The second-order valence-corrected chi connectivity index (χ2v) is 6.11. The summed E-state index contributed by atoms with van der Waals surface area (Å²) in [5.41, 5.74) is -0.339. The first-order valence-corrected chi connectivity index (χ1v) is 8.24. The van der Waals surface area contributed by atoms with Gasteiger partial charge in [0.1, 0.15) is 5.54 Å². The van der Waals surface area contributed by atoms with Gasteiger partial charge >= 0.3 is 0 Å². The first kappa shape index (κ1) is 17.4. The molecule has 0 spiro atoms. The summed E-state index contributed by atoms with van der Waals surface area (Å²) in [4.78, 5) is 5.14. The fraction of sp³-hybridized carbons (Fsp3) is 0.938. The predicted octanol–water partition coefficient (Wildman–Crippen LogP) is 2.08. The quantitative estimate of drug-likeness (QED) is 0.657. The van der Waals surface area contributed by atoms with E-state index in [0.29, 0.717) is 0 Å². The molecule has 116 valence electrons. The Kier molecular flexibility index (Phi) is 8.13. The molecule has 0 aliphatic carbocycles. The van der Waals surface area contributed by atoms with E-state index < -0.39 is 0 Å². The van der Waals surface area contributed by atoms with Crippen LogP contribution in [0.1, 0.15) is 46.5 Å². The van der Waals surface area contributed by atoms with Gasteiger partial charge < -0.3 is 9.80 Å². The molecule has 1 aliphatic rings. The smallest absolute Gasteiger partial charge is 0.103 e. The van der Waals surface area contributed by atoms with E-state index >= 15 is 0 Å². The van der Waals surface area contributed by atoms with Crippen LogP contribution in [0.25, 0.3) is 0 Å². The maximum atomic E-state index is 9.22. The minimum Gasteiger partial charge on any atom is -0.301 e. The second-order valence-electron chi connectivity index (χ2n) is 6.11. The van der Waals surface area contributed by atoms with Crippen LogP contribution in [0.15, 0.2) is 0 Å². The Labute approximate surface area is 125 Å². The molecule has 1 rings (SSSR count). The highest BCUT2D eigenvalue weighted by Gasteiger charge is 2.21. The molecule has 1 heterocycles. The number of hydrogen-bond acceptors (Lipinski definition) is 4. The van der Waals surface area contributed by atoms with E-state index in [1.54, 1.807) is 0 Å². The van der Waals surface area contributed by atoms with Crippen LogP contribution in [-0.4, -0.2) is 61.2 Å². The highest BCUT2D eigenvalue weighted by Crippen LogP contribution is 2.13. The van der Waals surface area contributed by atoms with Crippen molar-refractivity contribution in [3.05, 3.63) is 0 Å². The standard InChI is InChI=1S/C16H32N4/c1-4-9-19-11-13-20(14-12-19)10-7-6-8-16(3,15-17)18-5-2/h18H,4-14H2,1-3H3. The summed E-state index contributed by atoms with van der Waals surface area (Å²) in [6.45, 7) is 14.5. The molecule has 0 radical (unpaired) electrons. The Bertz CT molecular complexity index is 291. The summed E-state index contributed by atoms with van der Waals surface area (Å²) in [6.07, 6.45) is 4.55. The van der Waals surface area contributed by atoms with Crippen molar-refractivity contribution in [2.45, 2.75) is 52.0 Å². The van der Waals surface area contributed by atoms with Crippen molar-refractivity contribution >= 4 is 0 Å². The van der Waals surface area contributed by atoms with Gasteiger partial charge in [0.2, 0.25) is 0 Å². The zero-order chi connectivity index (χ0) is 14.8. The third-order valence-electron chi connectivity index (χ3n) is 4.22. The second kappa shape index (κ2) is 9.33. The van der Waals surface area contributed by atoms with E-state index in [4.69, 9.17) is 0 Å². The van der Waals surface area contributed by atoms with Gasteiger partial charge in [-0.15, -0.1) is 0 Å². The molecule has 1 atom stereocenters. The van der Waals surface area contributed by atoms with Crippen LogP contribution < -0.4 is 5.32 Å². The fourth-order valence-corrected chi connectivity index (χ4v) is 2.94. The molecule has 0 aromatic heterocycles. The number of hydrogen-bond donors (Lipinski definition) is 1. The molecule has 0 bridgehead atoms. The molecule has 0 amide bonds. The Morgan fingerprint density at radius 2 is 1.65 bits per heavy atom. The zero-order valence-corrected chi connectivity index (χ0v) is 13.6. The van der Waals surface area contributed by atoms with Gasteiger partial charge in [0.05, 0.1) is 6.07 Å². The predicted molar refractivity (Wildman–Crippen MR) is 84.7 cm³/mol. The highest BCUT2D eigenvalue weighted by atomic mass is 15.3. The summed E-state index contributed by atoms with van der Waals surface area (Å²) in [6, 6.07) is 2.41. The SMILES string of the molecule is CCCN1CCN(CCCCC(C)(C#N)NCC)CC1. The van der Waals surface area contributed by atoms with Gasteiger partial charge in [0.25, 0.3) is 0 Å². The first-order valence-electron chi connectivity index (χ1n) is 8.24. The fourth-order valence-electron chi connectivity index (χ4n) is 2.94. The van der Waals surface area contributed by atoms with E-state index in [1.165, 1.54) is 52.1 Å². The molecular formula is C16H32N4. The van der Waals surface area contributed by atoms with Crippen LogP contribution in [0.4, 0.5) is 0 Å². The van der Waals surface area contributed by atoms with Crippen LogP contribution in [-0.2, 0) is 0 Å². The van der Waals surface area contributed by atoms with Gasteiger partial charge in [-0.3, -0.25) is 5.32 Å². The van der Waals surface area contributed by atoms with E-state index in [-0.39, 0.29) is 5.54 Å². The molecule has 1 unspecified atom stereocenters. The lowest BCUT2D eigenvalue weighted by Gasteiger charge is -2.34. The maximum absolute atomic E-state index is 9.22. The van der Waals surface area contributed by atoms with Crippen molar-refractivity contribution in [3.8, 4) is 6.07 Å². The van der Waals surface area contributed by atoms with E-state index in [0.717, 1.165) is 19.4 Å². The summed E-state index contributed by atoms with van der Waals surface area (Å²) in [5.74, 6) is 0. The number of nitrogens with zero attached hydrogens (tertiary/aromatic N) is 3. The maximum Gasteiger partial charge on any atom is 0.103 e. The molecule has 4 heteroatoms. The van der Waals surface area contributed by atoms with Crippen LogP contribution in [0.5, 0.6) is 0 Å². The van der Waals surface area contributed by atoms with Crippen molar-refractivity contribution in [1.82, 2.24) is 15.1 Å². The lowest BCUT2D eigenvalue weighted by atomic mass is 9.96. The minimum absolute atomic E-state index is 0.339. The molecule has 0 aromatic rings. The van der Waals surface area contributed by atoms with Crippen molar-refractivity contribution < 1.29 is 0 Å². The number of nitrogens with one attached hydrogen (secondary N) is 1. The molecule has 1 aliphatic heterocycles. The average molecular weight is 280 g/mol.